The molecule has 0 aliphatic carbocycles. The molecule has 0 amide bonds. The smallest absolute Gasteiger partial charge is 0.384 e. The van der Waals surface area contributed by atoms with Crippen molar-refractivity contribution >= 4 is 0 Å². The van der Waals surface area contributed by atoms with Crippen LogP contribution >= 0.6 is 0 Å². The summed E-state index contributed by atoms with van der Waals surface area (Å²) in [5.41, 5.74) is 0. The van der Waals surface area contributed by atoms with Gasteiger partial charge in [-0.1, -0.05) is 32.6 Å². The molecule has 0 rings (SSSR count). The molecule has 0 radical (unpaired) electrons. The van der Waals surface area contributed by atoms with Crippen LogP contribution in [0.1, 0.15) is 39.0 Å². The fourth-order valence-corrected chi connectivity index (χ4v) is 0.928. The van der Waals surface area contributed by atoms with Gasteiger partial charge in [-0.2, -0.15) is 13.2 Å². The highest BCUT2D eigenvalue weighted by Crippen LogP contribution is 2.23. The lowest BCUT2D eigenvalue weighted by Crippen LogP contribution is -2.28. The zero-order chi connectivity index (χ0) is 9.61. The number of alkyl halides is 3. The Bertz CT molecular complexity index is 111. The Hall–Kier alpha value is -0.250. The molecule has 1 nitrogen and oxygen atoms in total. The van der Waals surface area contributed by atoms with Crippen molar-refractivity contribution in [3.63, 3.8) is 0 Å². The summed E-state index contributed by atoms with van der Waals surface area (Å²) in [7, 11) is 0. The van der Waals surface area contributed by atoms with Crippen LogP contribution in [0.4, 0.5) is 13.2 Å². The van der Waals surface area contributed by atoms with Crippen molar-refractivity contribution in [2.75, 3.05) is 0 Å². The van der Waals surface area contributed by atoms with Crippen LogP contribution in [-0.2, 0) is 0 Å². The summed E-state index contributed by atoms with van der Waals surface area (Å²) in [6.07, 6.45) is -3.59. The summed E-state index contributed by atoms with van der Waals surface area (Å²) in [5, 5.41) is 8.56. The Balaban J connectivity index is 3.38. The maximum absolute atomic E-state index is 11.7. The van der Waals surface area contributed by atoms with E-state index in [0.717, 1.165) is 19.3 Å². The highest BCUT2D eigenvalue weighted by Gasteiger charge is 2.37. The lowest BCUT2D eigenvalue weighted by Gasteiger charge is -2.13. The number of aliphatic hydroxyl groups is 1. The summed E-state index contributed by atoms with van der Waals surface area (Å²) in [6, 6.07) is 0. The van der Waals surface area contributed by atoms with Gasteiger partial charge in [0.15, 0.2) is 0 Å². The van der Waals surface area contributed by atoms with E-state index in [-0.39, 0.29) is 6.42 Å². The topological polar surface area (TPSA) is 20.2 Å². The van der Waals surface area contributed by atoms with Crippen LogP contribution in [0.25, 0.3) is 0 Å². The number of rotatable bonds is 5. The van der Waals surface area contributed by atoms with Gasteiger partial charge in [0, 0.05) is 0 Å². The van der Waals surface area contributed by atoms with E-state index in [1.165, 1.54) is 0 Å². The molecule has 1 N–H and O–H groups in total. The molecule has 1 unspecified atom stereocenters. The van der Waals surface area contributed by atoms with E-state index in [1.54, 1.807) is 0 Å². The Kier molecular flexibility index (Phi) is 5.29. The van der Waals surface area contributed by atoms with Crippen molar-refractivity contribution in [3.8, 4) is 0 Å². The van der Waals surface area contributed by atoms with E-state index < -0.39 is 12.3 Å². The molecule has 0 saturated heterocycles. The van der Waals surface area contributed by atoms with Gasteiger partial charge < -0.3 is 5.11 Å². The molecule has 0 aliphatic rings. The van der Waals surface area contributed by atoms with Crippen LogP contribution in [0.3, 0.4) is 0 Å². The van der Waals surface area contributed by atoms with E-state index in [2.05, 4.69) is 0 Å². The van der Waals surface area contributed by atoms with Crippen molar-refractivity contribution in [1.82, 2.24) is 0 Å². The molecule has 0 aromatic rings. The predicted molar refractivity (Wildman–Crippen MR) is 40.8 cm³/mol. The molecule has 0 saturated carbocycles. The van der Waals surface area contributed by atoms with E-state index in [0.29, 0.717) is 6.42 Å². The van der Waals surface area contributed by atoms with E-state index in [1.807, 2.05) is 6.92 Å². The average Bonchev–Trinajstić information content (AvgIpc) is 1.96. The average molecular weight is 184 g/mol. The van der Waals surface area contributed by atoms with E-state index in [4.69, 9.17) is 5.11 Å². The number of hydrogen-bond acceptors (Lipinski definition) is 1. The maximum Gasteiger partial charge on any atom is 0.414 e. The SMILES string of the molecule is CCCCCCC(O)C(F)(F)F. The van der Waals surface area contributed by atoms with Gasteiger partial charge in [-0.05, 0) is 6.42 Å². The van der Waals surface area contributed by atoms with Gasteiger partial charge >= 0.3 is 6.18 Å². The minimum Gasteiger partial charge on any atom is -0.384 e. The third-order valence-corrected chi connectivity index (χ3v) is 1.71. The monoisotopic (exact) mass is 184 g/mol. The van der Waals surface area contributed by atoms with Crippen molar-refractivity contribution < 1.29 is 18.3 Å². The molecular weight excluding hydrogens is 169 g/mol. The molecule has 0 heterocycles. The van der Waals surface area contributed by atoms with E-state index in [9.17, 15) is 13.2 Å². The lowest BCUT2D eigenvalue weighted by atomic mass is 10.1. The first-order chi connectivity index (χ1) is 5.48. The van der Waals surface area contributed by atoms with Crippen molar-refractivity contribution in [3.05, 3.63) is 0 Å². The fraction of sp³-hybridized carbons (Fsp3) is 1.00. The van der Waals surface area contributed by atoms with E-state index >= 15 is 0 Å². The molecule has 74 valence electrons. The van der Waals surface area contributed by atoms with Crippen LogP contribution in [0.15, 0.2) is 0 Å². The highest BCUT2D eigenvalue weighted by atomic mass is 19.4. The Morgan fingerprint density at radius 3 is 2.17 bits per heavy atom. The fourth-order valence-electron chi connectivity index (χ4n) is 0.928. The normalized spacial score (nSPS) is 14.8. The zero-order valence-electron chi connectivity index (χ0n) is 7.19. The lowest BCUT2D eigenvalue weighted by molar-refractivity contribution is -0.205. The standard InChI is InChI=1S/C8H15F3O/c1-2-3-4-5-6-7(12)8(9,10)11/h7,12H,2-6H2,1H3. The quantitative estimate of drug-likeness (QED) is 0.651. The molecule has 1 atom stereocenters. The van der Waals surface area contributed by atoms with Gasteiger partial charge in [0.05, 0.1) is 0 Å². The second kappa shape index (κ2) is 5.41. The summed E-state index contributed by atoms with van der Waals surface area (Å²) < 4.78 is 35.1. The largest absolute Gasteiger partial charge is 0.414 e. The van der Waals surface area contributed by atoms with Gasteiger partial charge in [-0.3, -0.25) is 0 Å². The summed E-state index contributed by atoms with van der Waals surface area (Å²) in [4.78, 5) is 0. The molecule has 0 spiro atoms. The maximum atomic E-state index is 11.7. The Labute approximate surface area is 70.6 Å². The van der Waals surface area contributed by atoms with Gasteiger partial charge in [0.25, 0.3) is 0 Å². The number of unbranched alkanes of at least 4 members (excludes halogenated alkanes) is 3. The first-order valence-corrected chi connectivity index (χ1v) is 4.23. The van der Waals surface area contributed by atoms with Crippen LogP contribution in [0, 0.1) is 0 Å². The molecular formula is C8H15F3O. The molecule has 0 aliphatic heterocycles. The molecule has 12 heavy (non-hydrogen) atoms. The zero-order valence-corrected chi connectivity index (χ0v) is 7.19. The third kappa shape index (κ3) is 5.41. The summed E-state index contributed by atoms with van der Waals surface area (Å²) in [5.74, 6) is 0. The van der Waals surface area contributed by atoms with Crippen molar-refractivity contribution in [2.24, 2.45) is 0 Å². The molecule has 4 heteroatoms. The molecule has 0 bridgehead atoms. The Morgan fingerprint density at radius 1 is 1.17 bits per heavy atom. The summed E-state index contributed by atoms with van der Waals surface area (Å²) >= 11 is 0. The highest BCUT2D eigenvalue weighted by molar-refractivity contribution is 4.64. The van der Waals surface area contributed by atoms with Crippen LogP contribution in [0.5, 0.6) is 0 Å². The van der Waals surface area contributed by atoms with Gasteiger partial charge in [-0.25, -0.2) is 0 Å². The number of hydrogen-bond donors (Lipinski definition) is 1. The van der Waals surface area contributed by atoms with Crippen LogP contribution in [-0.4, -0.2) is 17.4 Å². The van der Waals surface area contributed by atoms with Gasteiger partial charge in [0.1, 0.15) is 6.10 Å². The van der Waals surface area contributed by atoms with Crippen LogP contribution < -0.4 is 0 Å². The summed E-state index contributed by atoms with van der Waals surface area (Å²) in [6.45, 7) is 1.99. The second-order valence-electron chi connectivity index (χ2n) is 2.91. The third-order valence-electron chi connectivity index (χ3n) is 1.71. The minimum absolute atomic E-state index is 0.163. The van der Waals surface area contributed by atoms with Crippen LogP contribution in [0.2, 0.25) is 0 Å². The van der Waals surface area contributed by atoms with Crippen molar-refractivity contribution in [2.45, 2.75) is 51.3 Å². The molecule has 0 fully saturated rings. The van der Waals surface area contributed by atoms with Gasteiger partial charge in [-0.15, -0.1) is 0 Å². The number of halogens is 3. The minimum atomic E-state index is -4.44. The van der Waals surface area contributed by atoms with Gasteiger partial charge in [0.2, 0.25) is 0 Å². The van der Waals surface area contributed by atoms with Crippen molar-refractivity contribution in [1.29, 1.82) is 0 Å². The first-order valence-electron chi connectivity index (χ1n) is 4.23. The first kappa shape index (κ1) is 11.8. The predicted octanol–water partition coefficient (Wildman–Crippen LogP) is 2.88. The Morgan fingerprint density at radius 2 is 1.75 bits per heavy atom. The number of aliphatic hydroxyl groups excluding tert-OH is 1. The molecule has 0 aromatic carbocycles. The molecule has 0 aromatic heterocycles. The second-order valence-corrected chi connectivity index (χ2v) is 2.91.